The van der Waals surface area contributed by atoms with E-state index < -0.39 is 41.8 Å². The van der Waals surface area contributed by atoms with E-state index in [1.54, 1.807) is 13.8 Å². The number of allylic oxidation sites excluding steroid dienone is 1. The summed E-state index contributed by atoms with van der Waals surface area (Å²) in [5.41, 5.74) is -0.333. The van der Waals surface area contributed by atoms with E-state index in [2.05, 4.69) is 10.3 Å². The third-order valence-corrected chi connectivity index (χ3v) is 5.98. The van der Waals surface area contributed by atoms with Gasteiger partial charge in [0.05, 0.1) is 13.0 Å². The summed E-state index contributed by atoms with van der Waals surface area (Å²) in [5, 5.41) is 2.58. The van der Waals surface area contributed by atoms with E-state index in [0.29, 0.717) is 16.7 Å². The van der Waals surface area contributed by atoms with E-state index in [1.165, 1.54) is 88.7 Å². The first-order valence-electron chi connectivity index (χ1n) is 12.9. The topological polar surface area (TPSA) is 113 Å². The second kappa shape index (κ2) is 13.7. The van der Waals surface area contributed by atoms with Crippen LogP contribution in [0.1, 0.15) is 56.2 Å². The predicted molar refractivity (Wildman–Crippen MR) is 149 cm³/mol. The number of hydrogen-bond donors (Lipinski definition) is 1. The maximum Gasteiger partial charge on any atom is 0.336 e. The first-order valence-corrected chi connectivity index (χ1v) is 12.9. The van der Waals surface area contributed by atoms with Crippen molar-refractivity contribution in [1.29, 1.82) is 0 Å². The summed E-state index contributed by atoms with van der Waals surface area (Å²) in [5.74, 6) is -3.23. The van der Waals surface area contributed by atoms with Gasteiger partial charge in [-0.3, -0.25) is 9.59 Å². The van der Waals surface area contributed by atoms with Gasteiger partial charge in [-0.15, -0.1) is 0 Å². The van der Waals surface area contributed by atoms with Gasteiger partial charge in [-0.1, -0.05) is 38.1 Å². The highest BCUT2D eigenvalue weighted by Crippen LogP contribution is 2.31. The molecule has 0 fully saturated rings. The number of halogens is 2. The number of pyridine rings is 1. The van der Waals surface area contributed by atoms with Gasteiger partial charge in [0.1, 0.15) is 22.9 Å². The van der Waals surface area contributed by atoms with Crippen molar-refractivity contribution in [2.24, 2.45) is 5.92 Å². The van der Waals surface area contributed by atoms with Crippen molar-refractivity contribution >= 4 is 23.4 Å². The molecule has 0 radical (unpaired) electrons. The number of nitrogens with one attached hydrogen (secondary N) is 1. The van der Waals surface area contributed by atoms with Crippen molar-refractivity contribution in [2.45, 2.75) is 40.2 Å². The molecule has 0 bridgehead atoms. The fraction of sp³-hybridized carbons (Fsp3) is 0.290. The summed E-state index contributed by atoms with van der Waals surface area (Å²) in [7, 11) is 1.36. The molecule has 0 saturated heterocycles. The molecule has 9 nitrogen and oxygen atoms in total. The number of ether oxygens (including phenoxy) is 4. The molecule has 0 aliphatic heterocycles. The van der Waals surface area contributed by atoms with Crippen LogP contribution in [0.5, 0.6) is 11.5 Å². The largest absolute Gasteiger partial charge is 0.493 e. The lowest BCUT2D eigenvalue weighted by atomic mass is 9.96. The molecule has 3 rings (SSSR count). The molecule has 1 aromatic heterocycles. The molecule has 42 heavy (non-hydrogen) atoms. The normalized spacial score (nSPS) is 11.0. The van der Waals surface area contributed by atoms with Gasteiger partial charge in [0.25, 0.3) is 5.91 Å². The zero-order valence-electron chi connectivity index (χ0n) is 24.1. The molecule has 0 atom stereocenters. The highest BCUT2D eigenvalue weighted by Gasteiger charge is 2.34. The van der Waals surface area contributed by atoms with E-state index >= 15 is 0 Å². The third-order valence-electron chi connectivity index (χ3n) is 5.98. The van der Waals surface area contributed by atoms with E-state index in [1.807, 2.05) is 0 Å². The average molecular weight is 583 g/mol. The van der Waals surface area contributed by atoms with Gasteiger partial charge in [-0.2, -0.15) is 0 Å². The second-order valence-electron chi connectivity index (χ2n) is 9.98. The fourth-order valence-electron chi connectivity index (χ4n) is 3.72. The van der Waals surface area contributed by atoms with E-state index in [4.69, 9.17) is 18.9 Å². The molecule has 1 N–H and O–H groups in total. The Morgan fingerprint density at radius 2 is 1.48 bits per heavy atom. The molecular formula is C31H32F2N2O7. The van der Waals surface area contributed by atoms with Crippen LogP contribution in [0.2, 0.25) is 0 Å². The van der Waals surface area contributed by atoms with E-state index in [0.717, 1.165) is 0 Å². The Kier molecular flexibility index (Phi) is 10.4. The first-order chi connectivity index (χ1) is 19.8. The van der Waals surface area contributed by atoms with Crippen molar-refractivity contribution in [3.63, 3.8) is 0 Å². The molecule has 2 aromatic carbocycles. The lowest BCUT2D eigenvalue weighted by molar-refractivity contribution is -0.154. The van der Waals surface area contributed by atoms with Crippen molar-refractivity contribution < 1.29 is 42.1 Å². The zero-order valence-corrected chi connectivity index (χ0v) is 24.1. The van der Waals surface area contributed by atoms with Crippen molar-refractivity contribution in [2.75, 3.05) is 13.9 Å². The van der Waals surface area contributed by atoms with Gasteiger partial charge in [0, 0.05) is 17.8 Å². The van der Waals surface area contributed by atoms with Crippen LogP contribution in [0.3, 0.4) is 0 Å². The molecule has 0 spiro atoms. The first kappa shape index (κ1) is 31.7. The number of benzene rings is 2. The van der Waals surface area contributed by atoms with Gasteiger partial charge in [0.2, 0.25) is 6.79 Å². The lowest BCUT2D eigenvalue weighted by Crippen LogP contribution is -2.50. The van der Waals surface area contributed by atoms with Crippen molar-refractivity contribution in [1.82, 2.24) is 10.3 Å². The summed E-state index contributed by atoms with van der Waals surface area (Å²) in [6.45, 7) is 7.22. The number of methoxy groups -OCH3 is 1. The minimum Gasteiger partial charge on any atom is -0.493 e. The maximum atomic E-state index is 13.6. The minimum absolute atomic E-state index is 0.0933. The van der Waals surface area contributed by atoms with Gasteiger partial charge in [-0.05, 0) is 56.2 Å². The van der Waals surface area contributed by atoms with Crippen LogP contribution in [0.4, 0.5) is 8.78 Å². The number of aromatic nitrogens is 1. The van der Waals surface area contributed by atoms with Crippen molar-refractivity contribution in [3.8, 4) is 11.5 Å². The van der Waals surface area contributed by atoms with Crippen LogP contribution in [0.15, 0.2) is 66.6 Å². The number of nitrogens with zero attached hydrogens (tertiary/aromatic N) is 1. The number of esters is 2. The Morgan fingerprint density at radius 3 is 1.98 bits per heavy atom. The number of carbonyl (C=O) groups excluding carboxylic acids is 3. The van der Waals surface area contributed by atoms with Crippen LogP contribution in [-0.2, 0) is 19.1 Å². The van der Waals surface area contributed by atoms with Crippen LogP contribution in [0.25, 0.3) is 5.57 Å². The predicted octanol–water partition coefficient (Wildman–Crippen LogP) is 5.44. The minimum atomic E-state index is -1.58. The quantitative estimate of drug-likeness (QED) is 0.181. The van der Waals surface area contributed by atoms with E-state index in [9.17, 15) is 23.2 Å². The molecule has 0 saturated carbocycles. The SMILES string of the molecule is COc1ccnc(C(=O)NC(C)(C)C(=O)OC(C)=C(c2ccc(F)cc2)c2ccc(F)cc2)c1OCOC(=O)C(C)C. The molecule has 0 aliphatic rings. The number of rotatable bonds is 11. The Labute approximate surface area is 242 Å². The molecule has 1 heterocycles. The molecule has 3 aromatic rings. The highest BCUT2D eigenvalue weighted by atomic mass is 19.1. The zero-order chi connectivity index (χ0) is 31.0. The lowest BCUT2D eigenvalue weighted by Gasteiger charge is -2.25. The summed E-state index contributed by atoms with van der Waals surface area (Å²) < 4.78 is 48.7. The Balaban J connectivity index is 1.86. The van der Waals surface area contributed by atoms with Gasteiger partial charge in [-0.25, -0.2) is 18.6 Å². The van der Waals surface area contributed by atoms with Crippen LogP contribution in [0, 0.1) is 17.6 Å². The Bertz CT molecular complexity index is 1420. The summed E-state index contributed by atoms with van der Waals surface area (Å²) in [4.78, 5) is 42.5. The molecular weight excluding hydrogens is 550 g/mol. The number of hydrogen-bond acceptors (Lipinski definition) is 8. The van der Waals surface area contributed by atoms with Gasteiger partial charge in [0.15, 0.2) is 17.2 Å². The smallest absolute Gasteiger partial charge is 0.336 e. The number of amides is 1. The van der Waals surface area contributed by atoms with E-state index in [-0.39, 0.29) is 28.9 Å². The molecule has 1 amide bonds. The average Bonchev–Trinajstić information content (AvgIpc) is 2.94. The molecule has 11 heteroatoms. The van der Waals surface area contributed by atoms with Crippen LogP contribution in [-0.4, -0.2) is 42.3 Å². The highest BCUT2D eigenvalue weighted by molar-refractivity contribution is 5.99. The van der Waals surface area contributed by atoms with Crippen molar-refractivity contribution in [3.05, 3.63) is 95.0 Å². The second-order valence-corrected chi connectivity index (χ2v) is 9.98. The molecule has 222 valence electrons. The standard InChI is InChI=1S/C31H32F2N2O7/c1-18(2)29(37)41-17-40-27-24(39-6)15-16-34-26(27)28(36)35-31(4,5)30(38)42-19(3)25(20-7-11-22(32)12-8-20)21-9-13-23(33)14-10-21/h7-16,18H,17H2,1-6H3,(H,35,36). The summed E-state index contributed by atoms with van der Waals surface area (Å²) in [6, 6.07) is 12.5. The van der Waals surface area contributed by atoms with Gasteiger partial charge < -0.3 is 24.3 Å². The molecule has 0 aliphatic carbocycles. The van der Waals surface area contributed by atoms with Gasteiger partial charge >= 0.3 is 11.9 Å². The molecule has 0 unspecified atom stereocenters. The number of carbonyl (C=O) groups is 3. The van der Waals surface area contributed by atoms with Crippen LogP contribution >= 0.6 is 0 Å². The maximum absolute atomic E-state index is 13.6. The monoisotopic (exact) mass is 582 g/mol. The Morgan fingerprint density at radius 1 is 0.929 bits per heavy atom. The fourth-order valence-corrected chi connectivity index (χ4v) is 3.72. The Hall–Kier alpha value is -4.80. The summed E-state index contributed by atoms with van der Waals surface area (Å²) >= 11 is 0. The van der Waals surface area contributed by atoms with Crippen LogP contribution < -0.4 is 14.8 Å². The summed E-state index contributed by atoms with van der Waals surface area (Å²) in [6.07, 6.45) is 1.32. The third kappa shape index (κ3) is 7.90.